The molecule has 1 atom stereocenters. The lowest BCUT2D eigenvalue weighted by molar-refractivity contribution is -0.143. The van der Waals surface area contributed by atoms with E-state index in [1.807, 2.05) is 6.07 Å². The fraction of sp³-hybridized carbons (Fsp3) is 0.786. The third-order valence-electron chi connectivity index (χ3n) is 4.28. The van der Waals surface area contributed by atoms with Gasteiger partial charge in [0.25, 0.3) is 0 Å². The minimum absolute atomic E-state index is 0.0447. The molecule has 0 aromatic rings. The lowest BCUT2D eigenvalue weighted by Crippen LogP contribution is -2.46. The van der Waals surface area contributed by atoms with Crippen molar-refractivity contribution in [2.45, 2.75) is 44.6 Å². The largest absolute Gasteiger partial charge is 0.481 e. The van der Waals surface area contributed by atoms with Crippen molar-refractivity contribution >= 4 is 11.9 Å². The van der Waals surface area contributed by atoms with Gasteiger partial charge >= 0.3 is 5.97 Å². The molecule has 0 radical (unpaired) electrons. The summed E-state index contributed by atoms with van der Waals surface area (Å²) in [6.45, 7) is 1.15. The van der Waals surface area contributed by atoms with Crippen molar-refractivity contribution in [1.29, 1.82) is 5.26 Å². The number of carboxylic acid groups (broad SMARTS) is 1. The molecular formula is C14H20N2O4. The van der Waals surface area contributed by atoms with Gasteiger partial charge in [0.15, 0.2) is 6.10 Å². The van der Waals surface area contributed by atoms with Crippen molar-refractivity contribution in [3.8, 4) is 6.07 Å². The molecule has 20 heavy (non-hydrogen) atoms. The van der Waals surface area contributed by atoms with Gasteiger partial charge in [-0.3, -0.25) is 9.59 Å². The van der Waals surface area contributed by atoms with Crippen LogP contribution in [0.25, 0.3) is 0 Å². The molecule has 2 aliphatic rings. The number of amides is 1. The zero-order valence-corrected chi connectivity index (χ0v) is 11.5. The number of rotatable bonds is 4. The molecule has 1 aliphatic heterocycles. The molecule has 1 saturated heterocycles. The van der Waals surface area contributed by atoms with Crippen LogP contribution in [0, 0.1) is 16.7 Å². The quantitative estimate of drug-likeness (QED) is 0.834. The lowest BCUT2D eigenvalue weighted by atomic mass is 9.79. The maximum atomic E-state index is 12.4. The Morgan fingerprint density at radius 1 is 1.35 bits per heavy atom. The third-order valence-corrected chi connectivity index (χ3v) is 4.28. The molecule has 0 bridgehead atoms. The van der Waals surface area contributed by atoms with Crippen LogP contribution in [0.3, 0.4) is 0 Å². The van der Waals surface area contributed by atoms with Gasteiger partial charge in [-0.15, -0.1) is 0 Å². The van der Waals surface area contributed by atoms with Crippen LogP contribution in [0.4, 0.5) is 0 Å². The summed E-state index contributed by atoms with van der Waals surface area (Å²) >= 11 is 0. The molecule has 110 valence electrons. The number of carbonyl (C=O) groups is 2. The Balaban J connectivity index is 1.98. The van der Waals surface area contributed by atoms with E-state index in [1.54, 1.807) is 4.90 Å². The zero-order chi connectivity index (χ0) is 14.6. The molecule has 6 nitrogen and oxygen atoms in total. The first-order valence-corrected chi connectivity index (χ1v) is 7.05. The molecule has 0 aromatic carbocycles. The highest BCUT2D eigenvalue weighted by Gasteiger charge is 2.39. The highest BCUT2D eigenvalue weighted by atomic mass is 16.5. The smallest absolute Gasteiger partial charge is 0.303 e. The molecule has 1 saturated carbocycles. The van der Waals surface area contributed by atoms with E-state index in [0.29, 0.717) is 19.7 Å². The Bertz CT molecular complexity index is 423. The molecule has 6 heteroatoms. The van der Waals surface area contributed by atoms with Crippen LogP contribution in [-0.4, -0.2) is 47.7 Å². The molecule has 2 rings (SSSR count). The minimum atomic E-state index is -0.837. The predicted molar refractivity (Wildman–Crippen MR) is 69.7 cm³/mol. The summed E-state index contributed by atoms with van der Waals surface area (Å²) in [7, 11) is 0. The monoisotopic (exact) mass is 280 g/mol. The van der Waals surface area contributed by atoms with Crippen LogP contribution in [0.2, 0.25) is 0 Å². The van der Waals surface area contributed by atoms with Crippen LogP contribution in [-0.2, 0) is 14.3 Å². The average molecular weight is 280 g/mol. The predicted octanol–water partition coefficient (Wildman–Crippen LogP) is 1.16. The topological polar surface area (TPSA) is 90.6 Å². The summed E-state index contributed by atoms with van der Waals surface area (Å²) in [6.07, 6.45) is 3.36. The van der Waals surface area contributed by atoms with Crippen molar-refractivity contribution in [3.63, 3.8) is 0 Å². The van der Waals surface area contributed by atoms with Gasteiger partial charge in [0, 0.05) is 13.0 Å². The number of ether oxygens (including phenoxy) is 1. The number of hydrogen-bond donors (Lipinski definition) is 1. The number of nitrogens with zero attached hydrogens (tertiary/aromatic N) is 2. The first kappa shape index (κ1) is 14.8. The summed E-state index contributed by atoms with van der Waals surface area (Å²) in [6, 6.07) is 2.01. The Morgan fingerprint density at radius 3 is 2.65 bits per heavy atom. The van der Waals surface area contributed by atoms with Gasteiger partial charge in [-0.25, -0.2) is 0 Å². The molecule has 1 aliphatic carbocycles. The van der Waals surface area contributed by atoms with E-state index >= 15 is 0 Å². The van der Waals surface area contributed by atoms with Crippen molar-refractivity contribution in [3.05, 3.63) is 0 Å². The second kappa shape index (κ2) is 6.23. The van der Waals surface area contributed by atoms with Gasteiger partial charge in [0.05, 0.1) is 25.6 Å². The zero-order valence-electron chi connectivity index (χ0n) is 11.5. The van der Waals surface area contributed by atoms with Gasteiger partial charge in [-0.1, -0.05) is 12.8 Å². The van der Waals surface area contributed by atoms with Crippen molar-refractivity contribution in [2.24, 2.45) is 5.41 Å². The highest BCUT2D eigenvalue weighted by molar-refractivity contribution is 5.78. The van der Waals surface area contributed by atoms with E-state index in [-0.39, 0.29) is 24.2 Å². The van der Waals surface area contributed by atoms with Crippen LogP contribution in [0.1, 0.15) is 38.5 Å². The number of carboxylic acids is 1. The van der Waals surface area contributed by atoms with Crippen molar-refractivity contribution in [1.82, 2.24) is 4.90 Å². The van der Waals surface area contributed by atoms with Gasteiger partial charge in [0.2, 0.25) is 5.91 Å². The Kier molecular flexibility index (Phi) is 4.61. The number of morpholine rings is 1. The van der Waals surface area contributed by atoms with Gasteiger partial charge in [-0.2, -0.15) is 5.26 Å². The normalized spacial score (nSPS) is 25.1. The summed E-state index contributed by atoms with van der Waals surface area (Å²) in [5.74, 6) is -0.881. The standard InChI is InChI=1S/C14H20N2O4/c15-9-11-10-16(5-6-20-11)12(17)7-14(8-13(18)19)3-1-2-4-14/h11H,1-8,10H2,(H,18,19). The second-order valence-corrected chi connectivity index (χ2v) is 5.78. The van der Waals surface area contributed by atoms with E-state index in [4.69, 9.17) is 15.1 Å². The molecule has 1 amide bonds. The first-order chi connectivity index (χ1) is 9.54. The molecular weight excluding hydrogens is 260 g/mol. The molecule has 1 N–H and O–H groups in total. The summed E-state index contributed by atoms with van der Waals surface area (Å²) in [4.78, 5) is 25.0. The first-order valence-electron chi connectivity index (χ1n) is 7.05. The Morgan fingerprint density at radius 2 is 2.05 bits per heavy atom. The molecule has 1 heterocycles. The van der Waals surface area contributed by atoms with Crippen LogP contribution in [0.5, 0.6) is 0 Å². The van der Waals surface area contributed by atoms with Crippen molar-refractivity contribution < 1.29 is 19.4 Å². The van der Waals surface area contributed by atoms with E-state index in [2.05, 4.69) is 0 Å². The second-order valence-electron chi connectivity index (χ2n) is 5.78. The van der Waals surface area contributed by atoms with Gasteiger partial charge in [0.1, 0.15) is 0 Å². The van der Waals surface area contributed by atoms with E-state index in [1.165, 1.54) is 0 Å². The Labute approximate surface area is 118 Å². The third kappa shape index (κ3) is 3.48. The SMILES string of the molecule is N#CC1CN(C(=O)CC2(CC(=O)O)CCCC2)CCO1. The molecule has 1 unspecified atom stereocenters. The van der Waals surface area contributed by atoms with Crippen molar-refractivity contribution in [2.75, 3.05) is 19.7 Å². The van der Waals surface area contributed by atoms with Crippen LogP contribution in [0.15, 0.2) is 0 Å². The number of carbonyl (C=O) groups excluding carboxylic acids is 1. The van der Waals surface area contributed by atoms with E-state index < -0.39 is 12.1 Å². The summed E-state index contributed by atoms with van der Waals surface area (Å²) < 4.78 is 5.22. The fourth-order valence-corrected chi connectivity index (χ4v) is 3.25. The number of nitriles is 1. The minimum Gasteiger partial charge on any atom is -0.481 e. The fourth-order valence-electron chi connectivity index (χ4n) is 3.25. The van der Waals surface area contributed by atoms with E-state index in [0.717, 1.165) is 25.7 Å². The van der Waals surface area contributed by atoms with Crippen LogP contribution < -0.4 is 0 Å². The molecule has 0 aromatic heterocycles. The maximum Gasteiger partial charge on any atom is 0.303 e. The highest BCUT2D eigenvalue weighted by Crippen LogP contribution is 2.44. The van der Waals surface area contributed by atoms with Gasteiger partial charge in [-0.05, 0) is 18.3 Å². The number of hydrogen-bond acceptors (Lipinski definition) is 4. The lowest BCUT2D eigenvalue weighted by Gasteiger charge is -2.34. The van der Waals surface area contributed by atoms with Crippen LogP contribution >= 0.6 is 0 Å². The maximum absolute atomic E-state index is 12.4. The van der Waals surface area contributed by atoms with Gasteiger partial charge < -0.3 is 14.7 Å². The summed E-state index contributed by atoms with van der Waals surface area (Å²) in [5, 5.41) is 17.9. The van der Waals surface area contributed by atoms with E-state index in [9.17, 15) is 9.59 Å². The Hall–Kier alpha value is -1.61. The number of aliphatic carboxylic acids is 1. The summed E-state index contributed by atoms with van der Waals surface area (Å²) in [5.41, 5.74) is -0.386. The molecule has 2 fully saturated rings. The molecule has 0 spiro atoms. The average Bonchev–Trinajstić information content (AvgIpc) is 2.86.